The number of hydrogen-bond donors (Lipinski definition) is 1. The van der Waals surface area contributed by atoms with Gasteiger partial charge in [-0.3, -0.25) is 10.00 Å². The number of H-pyrrole nitrogens is 1. The number of hydrogen-bond acceptors (Lipinski definition) is 3. The molecule has 4 nitrogen and oxygen atoms in total. The third kappa shape index (κ3) is 4.09. The lowest BCUT2D eigenvalue weighted by atomic mass is 9.90. The summed E-state index contributed by atoms with van der Waals surface area (Å²) in [6, 6.07) is 15.0. The number of nitrogens with zero attached hydrogens (tertiary/aromatic N) is 2. The van der Waals surface area contributed by atoms with Crippen molar-refractivity contribution in [1.82, 2.24) is 15.1 Å². The second-order valence-electron chi connectivity index (χ2n) is 7.32. The van der Waals surface area contributed by atoms with E-state index in [0.29, 0.717) is 12.5 Å². The number of piperidine rings is 1. The van der Waals surface area contributed by atoms with E-state index in [1.54, 1.807) is 12.1 Å². The Morgan fingerprint density at radius 2 is 2.11 bits per heavy atom. The van der Waals surface area contributed by atoms with Gasteiger partial charge in [0.2, 0.25) is 0 Å². The molecule has 28 heavy (non-hydrogen) atoms. The number of likely N-dealkylation sites (tertiary alicyclic amines) is 1. The Bertz CT molecular complexity index is 923. The lowest BCUT2D eigenvalue weighted by molar-refractivity contribution is 0.195. The zero-order chi connectivity index (χ0) is 19.3. The van der Waals surface area contributed by atoms with Crippen molar-refractivity contribution in [3.63, 3.8) is 0 Å². The van der Waals surface area contributed by atoms with E-state index in [-0.39, 0.29) is 5.82 Å². The van der Waals surface area contributed by atoms with Crippen LogP contribution < -0.4 is 4.74 Å². The van der Waals surface area contributed by atoms with Gasteiger partial charge in [0, 0.05) is 35.8 Å². The van der Waals surface area contributed by atoms with E-state index in [2.05, 4.69) is 27.2 Å². The second kappa shape index (κ2) is 8.57. The normalized spacial score (nSPS) is 17.6. The predicted octanol–water partition coefficient (Wildman–Crippen LogP) is 4.99. The van der Waals surface area contributed by atoms with Gasteiger partial charge in [-0.15, -0.1) is 0 Å². The Morgan fingerprint density at radius 1 is 1.21 bits per heavy atom. The SMILES string of the molecule is CCOc1ccccc1CN1CCCC(c2[nH]ncc2-c2cccc(F)c2)C1. The Morgan fingerprint density at radius 3 is 2.96 bits per heavy atom. The Kier molecular flexibility index (Phi) is 5.72. The summed E-state index contributed by atoms with van der Waals surface area (Å²) in [5.41, 5.74) is 4.21. The maximum atomic E-state index is 13.7. The van der Waals surface area contributed by atoms with Gasteiger partial charge in [-0.1, -0.05) is 30.3 Å². The van der Waals surface area contributed by atoms with Crippen LogP contribution >= 0.6 is 0 Å². The molecule has 0 spiro atoms. The molecule has 1 unspecified atom stereocenters. The number of benzene rings is 2. The minimum atomic E-state index is -0.220. The molecule has 0 saturated carbocycles. The minimum absolute atomic E-state index is 0.220. The van der Waals surface area contributed by atoms with Gasteiger partial charge < -0.3 is 4.74 Å². The quantitative estimate of drug-likeness (QED) is 0.656. The van der Waals surface area contributed by atoms with Crippen molar-refractivity contribution >= 4 is 0 Å². The molecule has 1 saturated heterocycles. The van der Waals surface area contributed by atoms with Gasteiger partial charge in [-0.25, -0.2) is 4.39 Å². The summed E-state index contributed by atoms with van der Waals surface area (Å²) in [6.07, 6.45) is 4.05. The standard InChI is InChI=1S/C23H26FN3O/c1-2-28-22-11-4-3-7-18(22)15-27-12-6-9-19(16-27)23-21(14-25-26-23)17-8-5-10-20(24)13-17/h3-5,7-8,10-11,13-14,19H,2,6,9,12,15-16H2,1H3,(H,25,26). The van der Waals surface area contributed by atoms with Crippen LogP contribution in [0.2, 0.25) is 0 Å². The molecule has 1 atom stereocenters. The molecule has 1 fully saturated rings. The number of aromatic amines is 1. The van der Waals surface area contributed by atoms with Gasteiger partial charge in [0.25, 0.3) is 0 Å². The van der Waals surface area contributed by atoms with Gasteiger partial charge in [0.15, 0.2) is 0 Å². The molecular formula is C23H26FN3O. The summed E-state index contributed by atoms with van der Waals surface area (Å²) in [5.74, 6) is 1.10. The Balaban J connectivity index is 1.52. The first-order chi connectivity index (χ1) is 13.7. The van der Waals surface area contributed by atoms with Crippen LogP contribution in [0.3, 0.4) is 0 Å². The molecule has 4 rings (SSSR count). The van der Waals surface area contributed by atoms with E-state index < -0.39 is 0 Å². The minimum Gasteiger partial charge on any atom is -0.494 e. The highest BCUT2D eigenvalue weighted by Gasteiger charge is 2.25. The molecule has 0 bridgehead atoms. The van der Waals surface area contributed by atoms with Crippen LogP contribution in [0.15, 0.2) is 54.7 Å². The van der Waals surface area contributed by atoms with Crippen molar-refractivity contribution in [1.29, 1.82) is 0 Å². The third-order valence-electron chi connectivity index (χ3n) is 5.38. The molecule has 1 aromatic heterocycles. The first-order valence-electron chi connectivity index (χ1n) is 9.97. The predicted molar refractivity (Wildman–Crippen MR) is 109 cm³/mol. The third-order valence-corrected chi connectivity index (χ3v) is 5.38. The average Bonchev–Trinajstić information content (AvgIpc) is 3.20. The highest BCUT2D eigenvalue weighted by atomic mass is 19.1. The first kappa shape index (κ1) is 18.7. The van der Waals surface area contributed by atoms with Crippen LogP contribution in [0.5, 0.6) is 5.75 Å². The summed E-state index contributed by atoms with van der Waals surface area (Å²) in [4.78, 5) is 2.47. The molecule has 5 heteroatoms. The van der Waals surface area contributed by atoms with Crippen LogP contribution in [0.4, 0.5) is 4.39 Å². The van der Waals surface area contributed by atoms with Gasteiger partial charge in [-0.05, 0) is 50.1 Å². The van der Waals surface area contributed by atoms with Crippen LogP contribution in [0.1, 0.15) is 36.9 Å². The molecule has 1 aliphatic heterocycles. The van der Waals surface area contributed by atoms with Crippen molar-refractivity contribution in [2.45, 2.75) is 32.2 Å². The van der Waals surface area contributed by atoms with Crippen molar-refractivity contribution in [2.24, 2.45) is 0 Å². The van der Waals surface area contributed by atoms with Gasteiger partial charge in [0.05, 0.1) is 12.8 Å². The van der Waals surface area contributed by atoms with E-state index in [1.165, 1.54) is 11.6 Å². The summed E-state index contributed by atoms with van der Waals surface area (Å²) in [6.45, 7) is 5.58. The van der Waals surface area contributed by atoms with E-state index in [1.807, 2.05) is 31.3 Å². The molecule has 2 aromatic carbocycles. The maximum absolute atomic E-state index is 13.7. The Hall–Kier alpha value is -2.66. The number of aromatic nitrogens is 2. The van der Waals surface area contributed by atoms with Crippen LogP contribution in [-0.4, -0.2) is 34.8 Å². The second-order valence-corrected chi connectivity index (χ2v) is 7.32. The fourth-order valence-electron chi connectivity index (χ4n) is 4.10. The van der Waals surface area contributed by atoms with Crippen LogP contribution in [0, 0.1) is 5.82 Å². The maximum Gasteiger partial charge on any atom is 0.123 e. The summed E-state index contributed by atoms with van der Waals surface area (Å²) < 4.78 is 19.5. The molecule has 3 aromatic rings. The molecular weight excluding hydrogens is 353 g/mol. The Labute approximate surface area is 165 Å². The van der Waals surface area contributed by atoms with E-state index in [0.717, 1.165) is 55.0 Å². The largest absolute Gasteiger partial charge is 0.494 e. The number of halogens is 1. The zero-order valence-electron chi connectivity index (χ0n) is 16.2. The summed E-state index contributed by atoms with van der Waals surface area (Å²) in [5, 5.41) is 7.45. The number of rotatable bonds is 6. The van der Waals surface area contributed by atoms with Crippen LogP contribution in [0.25, 0.3) is 11.1 Å². The first-order valence-corrected chi connectivity index (χ1v) is 9.97. The number of para-hydroxylation sites is 1. The van der Waals surface area contributed by atoms with Gasteiger partial charge >= 0.3 is 0 Å². The fourth-order valence-corrected chi connectivity index (χ4v) is 4.10. The summed E-state index contributed by atoms with van der Waals surface area (Å²) >= 11 is 0. The lowest BCUT2D eigenvalue weighted by Crippen LogP contribution is -2.34. The van der Waals surface area contributed by atoms with Crippen molar-refractivity contribution < 1.29 is 9.13 Å². The van der Waals surface area contributed by atoms with E-state index in [4.69, 9.17) is 4.74 Å². The number of ether oxygens (including phenoxy) is 1. The van der Waals surface area contributed by atoms with Crippen molar-refractivity contribution in [3.8, 4) is 16.9 Å². The molecule has 1 N–H and O–H groups in total. The molecule has 0 amide bonds. The average molecular weight is 379 g/mol. The number of nitrogens with one attached hydrogen (secondary N) is 1. The fraction of sp³-hybridized carbons (Fsp3) is 0.348. The van der Waals surface area contributed by atoms with Gasteiger partial charge in [-0.2, -0.15) is 5.10 Å². The molecule has 2 heterocycles. The van der Waals surface area contributed by atoms with Crippen molar-refractivity contribution in [2.75, 3.05) is 19.7 Å². The molecule has 1 aliphatic rings. The highest BCUT2D eigenvalue weighted by molar-refractivity contribution is 5.65. The van der Waals surface area contributed by atoms with E-state index >= 15 is 0 Å². The summed E-state index contributed by atoms with van der Waals surface area (Å²) in [7, 11) is 0. The highest BCUT2D eigenvalue weighted by Crippen LogP contribution is 2.34. The molecule has 0 aliphatic carbocycles. The molecule has 0 radical (unpaired) electrons. The van der Waals surface area contributed by atoms with Crippen molar-refractivity contribution in [3.05, 3.63) is 71.8 Å². The molecule has 146 valence electrons. The lowest BCUT2D eigenvalue weighted by Gasteiger charge is -2.33. The topological polar surface area (TPSA) is 41.1 Å². The van der Waals surface area contributed by atoms with Crippen LogP contribution in [-0.2, 0) is 6.54 Å². The van der Waals surface area contributed by atoms with Gasteiger partial charge in [0.1, 0.15) is 11.6 Å². The zero-order valence-corrected chi connectivity index (χ0v) is 16.2. The monoisotopic (exact) mass is 379 g/mol. The van der Waals surface area contributed by atoms with E-state index in [9.17, 15) is 4.39 Å². The smallest absolute Gasteiger partial charge is 0.123 e.